The molecular weight excluding hydrogens is 487 g/mol. The zero-order chi connectivity index (χ0) is 27.0. The molecule has 3 rings (SSSR count). The molecule has 8 nitrogen and oxygen atoms in total. The lowest BCUT2D eigenvalue weighted by Gasteiger charge is -2.26. The first-order valence-electron chi connectivity index (χ1n) is 12.0. The van der Waals surface area contributed by atoms with E-state index >= 15 is 0 Å². The van der Waals surface area contributed by atoms with E-state index in [1.54, 1.807) is 23.0 Å². The maximum absolute atomic E-state index is 13.6. The van der Waals surface area contributed by atoms with Crippen LogP contribution in [-0.4, -0.2) is 31.9 Å². The molecule has 1 N–H and O–H groups in total. The van der Waals surface area contributed by atoms with Gasteiger partial charge in [-0.05, 0) is 29.5 Å². The van der Waals surface area contributed by atoms with E-state index in [1.165, 1.54) is 41.5 Å². The maximum atomic E-state index is 13.6. The molecule has 1 aromatic heterocycles. The number of hydrogen-bond donors (Lipinski definition) is 1. The molecule has 0 unspecified atom stereocenters. The molecule has 37 heavy (non-hydrogen) atoms. The topological polar surface area (TPSA) is 93.3 Å². The molecule has 0 saturated carbocycles. The fourth-order valence-electron chi connectivity index (χ4n) is 3.80. The first-order chi connectivity index (χ1) is 17.6. The number of aromatic nitrogens is 2. The highest BCUT2D eigenvalue weighted by atomic mass is 19.4. The number of rotatable bonds is 12. The van der Waals surface area contributed by atoms with Crippen LogP contribution in [0.15, 0.2) is 61.1 Å². The van der Waals surface area contributed by atoms with E-state index in [4.69, 9.17) is 0 Å². The number of imidazole rings is 1. The lowest BCUT2D eigenvalue weighted by molar-refractivity contribution is -0.384. The van der Waals surface area contributed by atoms with E-state index in [9.17, 15) is 28.1 Å². The quantitative estimate of drug-likeness (QED) is 0.258. The van der Waals surface area contributed by atoms with Crippen molar-refractivity contribution in [2.75, 3.05) is 6.54 Å². The van der Waals surface area contributed by atoms with Gasteiger partial charge in [-0.25, -0.2) is 10.4 Å². The largest absolute Gasteiger partial charge is 0.416 e. The summed E-state index contributed by atoms with van der Waals surface area (Å²) in [7, 11) is 0. The van der Waals surface area contributed by atoms with Gasteiger partial charge in [0.2, 0.25) is 5.91 Å². The molecule has 0 bridgehead atoms. The average molecular weight is 518 g/mol. The zero-order valence-corrected chi connectivity index (χ0v) is 20.7. The molecule has 0 radical (unpaired) electrons. The third-order valence-corrected chi connectivity index (χ3v) is 6.22. The Kier molecular flexibility index (Phi) is 9.40. The number of nitro groups is 1. The highest BCUT2D eigenvalue weighted by Gasteiger charge is 2.33. The molecule has 1 amide bonds. The Hall–Kier alpha value is -3.73. The summed E-state index contributed by atoms with van der Waals surface area (Å²) in [4.78, 5) is 27.8. The van der Waals surface area contributed by atoms with Gasteiger partial charge in [-0.3, -0.25) is 19.9 Å². The van der Waals surface area contributed by atoms with Gasteiger partial charge in [-0.2, -0.15) is 13.2 Å². The van der Waals surface area contributed by atoms with E-state index < -0.39 is 22.6 Å². The minimum Gasteiger partial charge on any atom is -0.330 e. The molecule has 1 heterocycles. The van der Waals surface area contributed by atoms with Crippen LogP contribution in [0.4, 0.5) is 18.9 Å². The standard InChI is InChI=1S/C26H30F3N5O3/c1-3-19(2)12-13-31-33(17-21-6-4-5-7-24(21)26(27,28)29)25(35)14-23-15-30-18-32(23)16-20-8-10-22(11-9-20)34(36)37/h4-11,15,18-19,31H,3,12-14,16-17H2,1-2H3/t19-/m0/s1. The monoisotopic (exact) mass is 517 g/mol. The van der Waals surface area contributed by atoms with E-state index in [-0.39, 0.29) is 24.2 Å². The molecule has 3 aromatic rings. The number of hydrogen-bond acceptors (Lipinski definition) is 5. The molecule has 2 aromatic carbocycles. The summed E-state index contributed by atoms with van der Waals surface area (Å²) < 4.78 is 42.4. The van der Waals surface area contributed by atoms with Crippen LogP contribution in [0.25, 0.3) is 0 Å². The van der Waals surface area contributed by atoms with Crippen molar-refractivity contribution >= 4 is 11.6 Å². The van der Waals surface area contributed by atoms with Crippen molar-refractivity contribution in [2.24, 2.45) is 5.92 Å². The highest BCUT2D eigenvalue weighted by molar-refractivity contribution is 5.78. The number of nitrogens with one attached hydrogen (secondary N) is 1. The molecule has 0 aliphatic heterocycles. The number of alkyl halides is 3. The summed E-state index contributed by atoms with van der Waals surface area (Å²) in [6.45, 7) is 4.66. The van der Waals surface area contributed by atoms with Gasteiger partial charge in [0.15, 0.2) is 0 Å². The molecule has 0 spiro atoms. The second kappa shape index (κ2) is 12.5. The van der Waals surface area contributed by atoms with Crippen molar-refractivity contribution in [1.29, 1.82) is 0 Å². The minimum atomic E-state index is -4.54. The summed E-state index contributed by atoms with van der Waals surface area (Å²) in [5.41, 5.74) is 3.58. The van der Waals surface area contributed by atoms with Gasteiger partial charge in [0.05, 0.1) is 29.8 Å². The van der Waals surface area contributed by atoms with Crippen molar-refractivity contribution in [3.63, 3.8) is 0 Å². The van der Waals surface area contributed by atoms with Gasteiger partial charge in [0.1, 0.15) is 0 Å². The number of benzene rings is 2. The summed E-state index contributed by atoms with van der Waals surface area (Å²) in [5, 5.41) is 12.1. The number of hydrazine groups is 1. The molecule has 0 aliphatic rings. The van der Waals surface area contributed by atoms with Crippen LogP contribution in [0.3, 0.4) is 0 Å². The third kappa shape index (κ3) is 7.88. The molecular formula is C26H30F3N5O3. The van der Waals surface area contributed by atoms with Crippen molar-refractivity contribution in [1.82, 2.24) is 20.0 Å². The van der Waals surface area contributed by atoms with Crippen LogP contribution in [0.2, 0.25) is 0 Å². The average Bonchev–Trinajstić information content (AvgIpc) is 3.29. The summed E-state index contributed by atoms with van der Waals surface area (Å²) >= 11 is 0. The summed E-state index contributed by atoms with van der Waals surface area (Å²) in [6, 6.07) is 11.3. The Morgan fingerprint density at radius 3 is 2.54 bits per heavy atom. The van der Waals surface area contributed by atoms with Crippen LogP contribution in [0.1, 0.15) is 49.1 Å². The van der Waals surface area contributed by atoms with E-state index in [2.05, 4.69) is 24.3 Å². The Bertz CT molecular complexity index is 1190. The number of non-ortho nitro benzene ring substituents is 1. The molecule has 0 saturated heterocycles. The minimum absolute atomic E-state index is 0.00113. The first kappa shape index (κ1) is 27.9. The van der Waals surface area contributed by atoms with Gasteiger partial charge in [-0.15, -0.1) is 0 Å². The second-order valence-electron chi connectivity index (χ2n) is 8.96. The normalized spacial score (nSPS) is 12.4. The van der Waals surface area contributed by atoms with E-state index in [1.807, 2.05) is 0 Å². The Morgan fingerprint density at radius 1 is 1.19 bits per heavy atom. The molecule has 0 fully saturated rings. The van der Waals surface area contributed by atoms with Crippen molar-refractivity contribution in [3.05, 3.63) is 93.6 Å². The van der Waals surface area contributed by atoms with Crippen LogP contribution in [-0.2, 0) is 30.5 Å². The lowest BCUT2D eigenvalue weighted by Crippen LogP contribution is -2.44. The second-order valence-corrected chi connectivity index (χ2v) is 8.96. The first-order valence-corrected chi connectivity index (χ1v) is 12.0. The van der Waals surface area contributed by atoms with Crippen LogP contribution in [0.5, 0.6) is 0 Å². The Labute approximate surface area is 213 Å². The number of nitrogens with zero attached hydrogens (tertiary/aromatic N) is 4. The van der Waals surface area contributed by atoms with Crippen molar-refractivity contribution < 1.29 is 22.9 Å². The van der Waals surface area contributed by atoms with Crippen LogP contribution in [0, 0.1) is 16.0 Å². The van der Waals surface area contributed by atoms with Gasteiger partial charge >= 0.3 is 6.18 Å². The molecule has 0 aliphatic carbocycles. The van der Waals surface area contributed by atoms with E-state index in [0.717, 1.165) is 24.5 Å². The van der Waals surface area contributed by atoms with Crippen molar-refractivity contribution in [2.45, 2.75) is 52.4 Å². The third-order valence-electron chi connectivity index (χ3n) is 6.22. The number of carbonyl (C=O) groups is 1. The lowest BCUT2D eigenvalue weighted by atomic mass is 10.1. The van der Waals surface area contributed by atoms with Gasteiger partial charge in [0.25, 0.3) is 5.69 Å². The number of halogens is 3. The number of nitro benzene ring substituents is 1. The smallest absolute Gasteiger partial charge is 0.330 e. The van der Waals surface area contributed by atoms with Gasteiger partial charge < -0.3 is 4.57 Å². The highest BCUT2D eigenvalue weighted by Crippen LogP contribution is 2.32. The molecule has 1 atom stereocenters. The fraction of sp³-hybridized carbons (Fsp3) is 0.385. The van der Waals surface area contributed by atoms with E-state index in [0.29, 0.717) is 24.7 Å². The van der Waals surface area contributed by atoms with Gasteiger partial charge in [-0.1, -0.05) is 50.6 Å². The van der Waals surface area contributed by atoms with Crippen LogP contribution >= 0.6 is 0 Å². The van der Waals surface area contributed by atoms with Crippen LogP contribution < -0.4 is 5.43 Å². The van der Waals surface area contributed by atoms with Crippen molar-refractivity contribution in [3.8, 4) is 0 Å². The predicted octanol–water partition coefficient (Wildman–Crippen LogP) is 5.37. The fourth-order valence-corrected chi connectivity index (χ4v) is 3.80. The number of amides is 1. The maximum Gasteiger partial charge on any atom is 0.416 e. The Morgan fingerprint density at radius 2 is 1.89 bits per heavy atom. The van der Waals surface area contributed by atoms with Gasteiger partial charge in [0, 0.05) is 37.1 Å². The number of carbonyl (C=O) groups excluding carboxylic acids is 1. The molecule has 11 heteroatoms. The summed E-state index contributed by atoms with van der Waals surface area (Å²) in [6.07, 6.45) is 0.171. The Balaban J connectivity index is 1.77. The predicted molar refractivity (Wildman–Crippen MR) is 132 cm³/mol. The SMILES string of the molecule is CC[C@H](C)CCNN(Cc1ccccc1C(F)(F)F)C(=O)Cc1cncn1Cc1ccc([N+](=O)[O-])cc1. The summed E-state index contributed by atoms with van der Waals surface area (Å²) in [5.74, 6) is 0.00150. The molecule has 198 valence electrons. The zero-order valence-electron chi connectivity index (χ0n) is 20.7.